The number of benzene rings is 1. The molecular formula is C14H14OS. The highest BCUT2D eigenvalue weighted by Crippen LogP contribution is 2.32. The number of ketones is 1. The Morgan fingerprint density at radius 1 is 1.19 bits per heavy atom. The standard InChI is InChI=1S/C14H14OS/c1-9-5-4-6-12(7-9)14-10(2)8-13(16-14)11(3)15/h4-8H,1-3H3. The summed E-state index contributed by atoms with van der Waals surface area (Å²) in [7, 11) is 0. The molecule has 1 nitrogen and oxygen atoms in total. The van der Waals surface area contributed by atoms with E-state index in [1.807, 2.05) is 6.07 Å². The van der Waals surface area contributed by atoms with Crippen molar-refractivity contribution in [2.45, 2.75) is 20.8 Å². The van der Waals surface area contributed by atoms with Crippen LogP contribution < -0.4 is 0 Å². The van der Waals surface area contributed by atoms with Crippen molar-refractivity contribution in [3.63, 3.8) is 0 Å². The molecule has 2 rings (SSSR count). The molecule has 1 heterocycles. The van der Waals surface area contributed by atoms with Gasteiger partial charge in [0.15, 0.2) is 5.78 Å². The Hall–Kier alpha value is -1.41. The Morgan fingerprint density at radius 3 is 2.50 bits per heavy atom. The van der Waals surface area contributed by atoms with Crippen molar-refractivity contribution < 1.29 is 4.79 Å². The Kier molecular flexibility index (Phi) is 2.92. The van der Waals surface area contributed by atoms with E-state index in [0.717, 1.165) is 4.88 Å². The van der Waals surface area contributed by atoms with Crippen LogP contribution in [0.1, 0.15) is 27.7 Å². The van der Waals surface area contributed by atoms with Crippen LogP contribution in [0.15, 0.2) is 30.3 Å². The van der Waals surface area contributed by atoms with Gasteiger partial charge in [0.25, 0.3) is 0 Å². The van der Waals surface area contributed by atoms with Gasteiger partial charge in [0.05, 0.1) is 4.88 Å². The molecule has 0 saturated heterocycles. The molecule has 0 N–H and O–H groups in total. The summed E-state index contributed by atoms with van der Waals surface area (Å²) in [4.78, 5) is 13.4. The van der Waals surface area contributed by atoms with Crippen LogP contribution in [0.3, 0.4) is 0 Å². The molecule has 2 aromatic rings. The van der Waals surface area contributed by atoms with E-state index >= 15 is 0 Å². The Labute approximate surface area is 99.8 Å². The van der Waals surface area contributed by atoms with E-state index in [1.54, 1.807) is 18.3 Å². The summed E-state index contributed by atoms with van der Waals surface area (Å²) in [5.41, 5.74) is 3.63. The quantitative estimate of drug-likeness (QED) is 0.705. The summed E-state index contributed by atoms with van der Waals surface area (Å²) >= 11 is 1.58. The SMILES string of the molecule is CC(=O)c1cc(C)c(-c2cccc(C)c2)s1. The summed E-state index contributed by atoms with van der Waals surface area (Å²) in [5, 5.41) is 0. The molecule has 0 spiro atoms. The van der Waals surface area contributed by atoms with Crippen LogP contribution in [-0.2, 0) is 0 Å². The Morgan fingerprint density at radius 2 is 1.94 bits per heavy atom. The monoisotopic (exact) mass is 230 g/mol. The van der Waals surface area contributed by atoms with Crippen molar-refractivity contribution in [2.24, 2.45) is 0 Å². The van der Waals surface area contributed by atoms with E-state index in [-0.39, 0.29) is 5.78 Å². The van der Waals surface area contributed by atoms with E-state index < -0.39 is 0 Å². The fraction of sp³-hybridized carbons (Fsp3) is 0.214. The van der Waals surface area contributed by atoms with Gasteiger partial charge in [-0.15, -0.1) is 11.3 Å². The van der Waals surface area contributed by atoms with Gasteiger partial charge >= 0.3 is 0 Å². The average Bonchev–Trinajstić information content (AvgIpc) is 2.60. The topological polar surface area (TPSA) is 17.1 Å². The Bertz CT molecular complexity index is 537. The van der Waals surface area contributed by atoms with Crippen LogP contribution in [0.4, 0.5) is 0 Å². The lowest BCUT2D eigenvalue weighted by atomic mass is 10.1. The van der Waals surface area contributed by atoms with Crippen molar-refractivity contribution in [3.8, 4) is 10.4 Å². The van der Waals surface area contributed by atoms with E-state index in [2.05, 4.69) is 38.1 Å². The number of Topliss-reactive ketones (excluding diaryl/α,β-unsaturated/α-hetero) is 1. The number of carbonyl (C=O) groups is 1. The smallest absolute Gasteiger partial charge is 0.169 e. The maximum absolute atomic E-state index is 11.3. The van der Waals surface area contributed by atoms with Crippen LogP contribution in [0.2, 0.25) is 0 Å². The minimum atomic E-state index is 0.145. The van der Waals surface area contributed by atoms with E-state index in [0.29, 0.717) is 0 Å². The first kappa shape index (κ1) is 11.1. The molecule has 0 saturated carbocycles. The molecule has 0 unspecified atom stereocenters. The molecule has 1 aromatic heterocycles. The molecule has 0 radical (unpaired) electrons. The predicted octanol–water partition coefficient (Wildman–Crippen LogP) is 4.23. The third-order valence-corrected chi connectivity index (χ3v) is 3.93. The van der Waals surface area contributed by atoms with E-state index in [1.165, 1.54) is 21.6 Å². The van der Waals surface area contributed by atoms with E-state index in [4.69, 9.17) is 0 Å². The average molecular weight is 230 g/mol. The predicted molar refractivity (Wildman–Crippen MR) is 69.2 cm³/mol. The molecule has 0 atom stereocenters. The minimum absolute atomic E-state index is 0.145. The summed E-state index contributed by atoms with van der Waals surface area (Å²) in [5.74, 6) is 0.145. The maximum atomic E-state index is 11.3. The zero-order valence-corrected chi connectivity index (χ0v) is 10.5. The second-order valence-electron chi connectivity index (χ2n) is 4.05. The lowest BCUT2D eigenvalue weighted by Gasteiger charge is -2.00. The van der Waals surface area contributed by atoms with Gasteiger partial charge < -0.3 is 0 Å². The summed E-state index contributed by atoms with van der Waals surface area (Å²) in [6.07, 6.45) is 0. The molecule has 0 aliphatic carbocycles. The summed E-state index contributed by atoms with van der Waals surface area (Å²) in [6, 6.07) is 10.4. The lowest BCUT2D eigenvalue weighted by molar-refractivity contribution is 0.102. The van der Waals surface area contributed by atoms with Gasteiger partial charge in [0, 0.05) is 4.88 Å². The number of carbonyl (C=O) groups excluding carboxylic acids is 1. The normalized spacial score (nSPS) is 10.4. The number of hydrogen-bond donors (Lipinski definition) is 0. The van der Waals surface area contributed by atoms with Crippen molar-refractivity contribution in [1.82, 2.24) is 0 Å². The van der Waals surface area contributed by atoms with Gasteiger partial charge in [-0.3, -0.25) is 4.79 Å². The first-order valence-electron chi connectivity index (χ1n) is 5.26. The number of thiophene rings is 1. The van der Waals surface area contributed by atoms with Crippen molar-refractivity contribution >= 4 is 17.1 Å². The van der Waals surface area contributed by atoms with Crippen LogP contribution in [0.25, 0.3) is 10.4 Å². The molecule has 2 heteroatoms. The van der Waals surface area contributed by atoms with Gasteiger partial charge in [-0.1, -0.05) is 29.8 Å². The highest BCUT2D eigenvalue weighted by Gasteiger charge is 2.10. The van der Waals surface area contributed by atoms with Crippen molar-refractivity contribution in [3.05, 3.63) is 46.3 Å². The first-order valence-corrected chi connectivity index (χ1v) is 6.08. The van der Waals surface area contributed by atoms with Crippen molar-refractivity contribution in [1.29, 1.82) is 0 Å². The lowest BCUT2D eigenvalue weighted by Crippen LogP contribution is -1.83. The molecule has 1 aromatic carbocycles. The summed E-state index contributed by atoms with van der Waals surface area (Å²) in [6.45, 7) is 5.75. The second-order valence-corrected chi connectivity index (χ2v) is 5.10. The molecule has 0 aliphatic heterocycles. The molecular weight excluding hydrogens is 216 g/mol. The summed E-state index contributed by atoms with van der Waals surface area (Å²) < 4.78 is 0. The van der Waals surface area contributed by atoms with Crippen LogP contribution >= 0.6 is 11.3 Å². The highest BCUT2D eigenvalue weighted by atomic mass is 32.1. The molecule has 16 heavy (non-hydrogen) atoms. The van der Waals surface area contributed by atoms with Crippen LogP contribution in [0.5, 0.6) is 0 Å². The number of aryl methyl sites for hydroxylation is 2. The molecule has 0 aliphatic rings. The third kappa shape index (κ3) is 2.07. The zero-order chi connectivity index (χ0) is 11.7. The van der Waals surface area contributed by atoms with Gasteiger partial charge in [0.2, 0.25) is 0 Å². The fourth-order valence-corrected chi connectivity index (χ4v) is 2.79. The first-order chi connectivity index (χ1) is 7.58. The Balaban J connectivity index is 2.52. The number of hydrogen-bond acceptors (Lipinski definition) is 2. The molecule has 0 amide bonds. The number of rotatable bonds is 2. The van der Waals surface area contributed by atoms with Crippen molar-refractivity contribution in [2.75, 3.05) is 0 Å². The minimum Gasteiger partial charge on any atom is -0.294 e. The largest absolute Gasteiger partial charge is 0.294 e. The van der Waals surface area contributed by atoms with Gasteiger partial charge in [-0.2, -0.15) is 0 Å². The fourth-order valence-electron chi connectivity index (χ4n) is 1.73. The van der Waals surface area contributed by atoms with E-state index in [9.17, 15) is 4.79 Å². The van der Waals surface area contributed by atoms with Gasteiger partial charge in [-0.05, 0) is 38.0 Å². The van der Waals surface area contributed by atoms with Gasteiger partial charge in [-0.25, -0.2) is 0 Å². The van der Waals surface area contributed by atoms with Gasteiger partial charge in [0.1, 0.15) is 0 Å². The molecule has 0 bridgehead atoms. The highest BCUT2D eigenvalue weighted by molar-refractivity contribution is 7.17. The maximum Gasteiger partial charge on any atom is 0.169 e. The van der Waals surface area contributed by atoms with Crippen LogP contribution in [0, 0.1) is 13.8 Å². The molecule has 82 valence electrons. The zero-order valence-electron chi connectivity index (χ0n) is 9.70. The molecule has 0 fully saturated rings. The second kappa shape index (κ2) is 4.22. The third-order valence-electron chi connectivity index (χ3n) is 2.55. The van der Waals surface area contributed by atoms with Crippen LogP contribution in [-0.4, -0.2) is 5.78 Å².